The monoisotopic (exact) mass is 253 g/mol. The number of nitrogens with one attached hydrogen (secondary N) is 1. The van der Waals surface area contributed by atoms with Crippen molar-refractivity contribution < 1.29 is 4.79 Å². The van der Waals surface area contributed by atoms with Crippen molar-refractivity contribution in [3.63, 3.8) is 0 Å². The second kappa shape index (κ2) is 6.53. The zero-order valence-corrected chi connectivity index (χ0v) is 11.8. The highest BCUT2D eigenvalue weighted by Crippen LogP contribution is 2.27. The fourth-order valence-corrected chi connectivity index (χ4v) is 2.73. The van der Waals surface area contributed by atoms with Crippen molar-refractivity contribution in [3.05, 3.63) is 0 Å². The SMILES string of the molecule is CCC1CN(C)CCCN1C(=O)CNCC1CC1. The molecule has 4 nitrogen and oxygen atoms in total. The van der Waals surface area contributed by atoms with Crippen LogP contribution in [-0.2, 0) is 4.79 Å². The first-order valence-corrected chi connectivity index (χ1v) is 7.39. The summed E-state index contributed by atoms with van der Waals surface area (Å²) < 4.78 is 0. The third kappa shape index (κ3) is 3.95. The molecule has 2 rings (SSSR count). The molecule has 0 aromatic rings. The third-order valence-corrected chi connectivity index (χ3v) is 4.10. The van der Waals surface area contributed by atoms with Gasteiger partial charge in [-0.1, -0.05) is 6.92 Å². The van der Waals surface area contributed by atoms with Crippen molar-refractivity contribution in [3.8, 4) is 0 Å². The molecule has 0 spiro atoms. The standard InChI is InChI=1S/C14H27N3O/c1-3-13-11-16(2)7-4-8-17(13)14(18)10-15-9-12-5-6-12/h12-13,15H,3-11H2,1-2H3. The van der Waals surface area contributed by atoms with E-state index in [0.29, 0.717) is 12.6 Å². The van der Waals surface area contributed by atoms with Crippen LogP contribution >= 0.6 is 0 Å². The molecule has 18 heavy (non-hydrogen) atoms. The normalized spacial score (nSPS) is 26.1. The molecule has 0 aromatic carbocycles. The van der Waals surface area contributed by atoms with Crippen LogP contribution in [0.1, 0.15) is 32.6 Å². The highest BCUT2D eigenvalue weighted by atomic mass is 16.2. The maximum absolute atomic E-state index is 12.3. The van der Waals surface area contributed by atoms with E-state index in [1.54, 1.807) is 0 Å². The summed E-state index contributed by atoms with van der Waals surface area (Å²) >= 11 is 0. The van der Waals surface area contributed by atoms with Crippen molar-refractivity contribution in [2.45, 2.75) is 38.6 Å². The number of nitrogens with zero attached hydrogens (tertiary/aromatic N) is 2. The van der Waals surface area contributed by atoms with Crippen LogP contribution in [0.5, 0.6) is 0 Å². The van der Waals surface area contributed by atoms with Crippen molar-refractivity contribution in [1.82, 2.24) is 15.1 Å². The Balaban J connectivity index is 1.80. The predicted molar refractivity (Wildman–Crippen MR) is 73.5 cm³/mol. The van der Waals surface area contributed by atoms with Gasteiger partial charge in [0, 0.05) is 19.1 Å². The lowest BCUT2D eigenvalue weighted by Crippen LogP contribution is -2.47. The maximum atomic E-state index is 12.3. The van der Waals surface area contributed by atoms with Gasteiger partial charge in [0.05, 0.1) is 6.54 Å². The minimum Gasteiger partial charge on any atom is -0.337 e. The van der Waals surface area contributed by atoms with Crippen molar-refractivity contribution >= 4 is 5.91 Å². The number of carbonyl (C=O) groups is 1. The Morgan fingerprint density at radius 2 is 2.11 bits per heavy atom. The molecular formula is C14H27N3O. The first-order chi connectivity index (χ1) is 8.70. The van der Waals surface area contributed by atoms with E-state index < -0.39 is 0 Å². The fraction of sp³-hybridized carbons (Fsp3) is 0.929. The van der Waals surface area contributed by atoms with Gasteiger partial charge in [0.1, 0.15) is 0 Å². The fourth-order valence-electron chi connectivity index (χ4n) is 2.73. The lowest BCUT2D eigenvalue weighted by Gasteiger charge is -2.30. The number of carbonyl (C=O) groups excluding carboxylic acids is 1. The first kappa shape index (κ1) is 13.8. The lowest BCUT2D eigenvalue weighted by molar-refractivity contribution is -0.132. The van der Waals surface area contributed by atoms with Gasteiger partial charge in [-0.3, -0.25) is 4.79 Å². The Hall–Kier alpha value is -0.610. The van der Waals surface area contributed by atoms with Crippen molar-refractivity contribution in [2.24, 2.45) is 5.92 Å². The van der Waals surface area contributed by atoms with Crippen LogP contribution in [0.2, 0.25) is 0 Å². The predicted octanol–water partition coefficient (Wildman–Crippen LogP) is 0.929. The zero-order valence-electron chi connectivity index (χ0n) is 11.8. The van der Waals surface area contributed by atoms with Crippen molar-refractivity contribution in [2.75, 3.05) is 39.8 Å². The van der Waals surface area contributed by atoms with E-state index in [1.165, 1.54) is 12.8 Å². The van der Waals surface area contributed by atoms with Gasteiger partial charge in [0.25, 0.3) is 0 Å². The highest BCUT2D eigenvalue weighted by molar-refractivity contribution is 5.78. The Morgan fingerprint density at radius 3 is 2.78 bits per heavy atom. The molecule has 1 amide bonds. The zero-order chi connectivity index (χ0) is 13.0. The molecule has 2 fully saturated rings. The van der Waals surface area contributed by atoms with Gasteiger partial charge in [0.15, 0.2) is 0 Å². The summed E-state index contributed by atoms with van der Waals surface area (Å²) in [6.07, 6.45) is 4.83. The van der Waals surface area contributed by atoms with E-state index in [2.05, 4.69) is 29.1 Å². The minimum atomic E-state index is 0.290. The summed E-state index contributed by atoms with van der Waals surface area (Å²) in [6.45, 7) is 6.78. The van der Waals surface area contributed by atoms with E-state index in [9.17, 15) is 4.79 Å². The average Bonchev–Trinajstić information content (AvgIpc) is 3.16. The van der Waals surface area contributed by atoms with Crippen LogP contribution in [0.4, 0.5) is 0 Å². The van der Waals surface area contributed by atoms with E-state index in [1.807, 2.05) is 0 Å². The Kier molecular flexibility index (Phi) is 5.01. The molecule has 1 aliphatic heterocycles. The smallest absolute Gasteiger partial charge is 0.236 e. The minimum absolute atomic E-state index is 0.290. The lowest BCUT2D eigenvalue weighted by atomic mass is 10.2. The summed E-state index contributed by atoms with van der Waals surface area (Å²) in [5.74, 6) is 1.13. The number of hydrogen-bond acceptors (Lipinski definition) is 3. The van der Waals surface area contributed by atoms with Crippen LogP contribution in [0.3, 0.4) is 0 Å². The van der Waals surface area contributed by atoms with Crippen LogP contribution in [-0.4, -0.2) is 61.5 Å². The summed E-state index contributed by atoms with van der Waals surface area (Å²) in [5.41, 5.74) is 0. The molecular weight excluding hydrogens is 226 g/mol. The van der Waals surface area contributed by atoms with Gasteiger partial charge >= 0.3 is 0 Å². The summed E-state index contributed by atoms with van der Waals surface area (Å²) in [6, 6.07) is 0.396. The van der Waals surface area contributed by atoms with Crippen molar-refractivity contribution in [1.29, 1.82) is 0 Å². The van der Waals surface area contributed by atoms with Gasteiger partial charge in [0.2, 0.25) is 5.91 Å². The van der Waals surface area contributed by atoms with Gasteiger partial charge in [-0.25, -0.2) is 0 Å². The van der Waals surface area contributed by atoms with Crippen LogP contribution in [0, 0.1) is 5.92 Å². The molecule has 2 aliphatic rings. The second-order valence-corrected chi connectivity index (χ2v) is 5.84. The molecule has 1 N–H and O–H groups in total. The highest BCUT2D eigenvalue weighted by Gasteiger charge is 2.26. The molecule has 4 heteroatoms. The molecule has 1 aliphatic carbocycles. The van der Waals surface area contributed by atoms with Gasteiger partial charge < -0.3 is 15.1 Å². The summed E-state index contributed by atoms with van der Waals surface area (Å²) in [4.78, 5) is 16.7. The van der Waals surface area contributed by atoms with E-state index in [0.717, 1.165) is 44.9 Å². The first-order valence-electron chi connectivity index (χ1n) is 7.39. The molecule has 0 aromatic heterocycles. The number of amides is 1. The average molecular weight is 253 g/mol. The number of rotatable bonds is 5. The Morgan fingerprint density at radius 1 is 1.33 bits per heavy atom. The molecule has 1 unspecified atom stereocenters. The Labute approximate surface area is 111 Å². The molecule has 104 valence electrons. The molecule has 1 saturated heterocycles. The molecule has 1 heterocycles. The maximum Gasteiger partial charge on any atom is 0.236 e. The quantitative estimate of drug-likeness (QED) is 0.792. The topological polar surface area (TPSA) is 35.6 Å². The van der Waals surface area contributed by atoms with E-state index >= 15 is 0 Å². The largest absolute Gasteiger partial charge is 0.337 e. The number of hydrogen-bond donors (Lipinski definition) is 1. The molecule has 1 saturated carbocycles. The van der Waals surface area contributed by atoms with Gasteiger partial charge in [-0.2, -0.15) is 0 Å². The van der Waals surface area contributed by atoms with E-state index in [-0.39, 0.29) is 5.91 Å². The van der Waals surface area contributed by atoms with Crippen LogP contribution in [0.25, 0.3) is 0 Å². The second-order valence-electron chi connectivity index (χ2n) is 5.84. The van der Waals surface area contributed by atoms with Gasteiger partial charge in [-0.15, -0.1) is 0 Å². The Bertz CT molecular complexity index is 278. The molecule has 1 atom stereocenters. The number of likely N-dealkylation sites (N-methyl/N-ethyl adjacent to an activating group) is 1. The molecule has 0 radical (unpaired) electrons. The summed E-state index contributed by atoms with van der Waals surface area (Å²) in [5, 5.41) is 3.32. The van der Waals surface area contributed by atoms with Crippen LogP contribution < -0.4 is 5.32 Å². The van der Waals surface area contributed by atoms with Crippen LogP contribution in [0.15, 0.2) is 0 Å². The summed E-state index contributed by atoms with van der Waals surface area (Å²) in [7, 11) is 2.15. The van der Waals surface area contributed by atoms with E-state index in [4.69, 9.17) is 0 Å². The van der Waals surface area contributed by atoms with Gasteiger partial charge in [-0.05, 0) is 51.7 Å². The molecule has 0 bridgehead atoms. The third-order valence-electron chi connectivity index (χ3n) is 4.10.